The van der Waals surface area contributed by atoms with Gasteiger partial charge in [0.15, 0.2) is 0 Å². The van der Waals surface area contributed by atoms with Gasteiger partial charge >= 0.3 is 6.09 Å². The number of piperazine rings is 1. The summed E-state index contributed by atoms with van der Waals surface area (Å²) in [7, 11) is 0. The number of nitrogens with zero attached hydrogens (tertiary/aromatic N) is 2. The maximum absolute atomic E-state index is 12.3. The van der Waals surface area contributed by atoms with Crippen LogP contribution in [0, 0.1) is 0 Å². The zero-order valence-corrected chi connectivity index (χ0v) is 15.5. The summed E-state index contributed by atoms with van der Waals surface area (Å²) in [6.07, 6.45) is -0.372. The lowest BCUT2D eigenvalue weighted by molar-refractivity contribution is -0.0432. The number of benzene rings is 1. The number of morpholine rings is 1. The largest absolute Gasteiger partial charge is 0.444 e. The number of rotatable bonds is 2. The number of ether oxygens (including phenoxy) is 2. The van der Waals surface area contributed by atoms with Crippen LogP contribution in [0.3, 0.4) is 0 Å². The van der Waals surface area contributed by atoms with Crippen molar-refractivity contribution in [2.24, 2.45) is 0 Å². The van der Waals surface area contributed by atoms with Crippen LogP contribution in [0.2, 0.25) is 0 Å². The van der Waals surface area contributed by atoms with Gasteiger partial charge in [-0.25, -0.2) is 4.79 Å². The zero-order chi connectivity index (χ0) is 17.9. The molecule has 1 N–H and O–H groups in total. The van der Waals surface area contributed by atoms with E-state index in [4.69, 9.17) is 9.47 Å². The SMILES string of the molecule is CC(C)(C)OC(=O)N1CCOC(c2cccc(N3CCNCC3)c2)C1. The van der Waals surface area contributed by atoms with Gasteiger partial charge in [0.2, 0.25) is 0 Å². The first-order chi connectivity index (χ1) is 11.9. The zero-order valence-electron chi connectivity index (χ0n) is 15.5. The van der Waals surface area contributed by atoms with Gasteiger partial charge in [0.25, 0.3) is 0 Å². The Morgan fingerprint density at radius 2 is 2.00 bits per heavy atom. The highest BCUT2D eigenvalue weighted by Crippen LogP contribution is 2.27. The minimum atomic E-state index is -0.479. The van der Waals surface area contributed by atoms with Crippen LogP contribution in [0.15, 0.2) is 24.3 Å². The van der Waals surface area contributed by atoms with Gasteiger partial charge in [0, 0.05) is 38.4 Å². The van der Waals surface area contributed by atoms with Crippen molar-refractivity contribution >= 4 is 11.8 Å². The van der Waals surface area contributed by atoms with E-state index in [1.807, 2.05) is 20.8 Å². The number of hydrogen-bond donors (Lipinski definition) is 1. The van der Waals surface area contributed by atoms with Gasteiger partial charge in [0.05, 0.1) is 13.2 Å². The molecular formula is C19H29N3O3. The molecule has 2 fully saturated rings. The third-order valence-electron chi connectivity index (χ3n) is 4.44. The van der Waals surface area contributed by atoms with Crippen molar-refractivity contribution in [2.45, 2.75) is 32.5 Å². The molecule has 2 saturated heterocycles. The second-order valence-corrected chi connectivity index (χ2v) is 7.62. The van der Waals surface area contributed by atoms with Crippen molar-refractivity contribution in [3.8, 4) is 0 Å². The van der Waals surface area contributed by atoms with Crippen LogP contribution in [0.4, 0.5) is 10.5 Å². The van der Waals surface area contributed by atoms with E-state index < -0.39 is 5.60 Å². The third kappa shape index (κ3) is 4.86. The van der Waals surface area contributed by atoms with Crippen LogP contribution < -0.4 is 10.2 Å². The molecule has 6 nitrogen and oxygen atoms in total. The molecule has 2 aliphatic rings. The summed E-state index contributed by atoms with van der Waals surface area (Å²) in [4.78, 5) is 16.5. The fraction of sp³-hybridized carbons (Fsp3) is 0.632. The number of nitrogens with one attached hydrogen (secondary N) is 1. The van der Waals surface area contributed by atoms with Crippen LogP contribution in [0.1, 0.15) is 32.4 Å². The van der Waals surface area contributed by atoms with E-state index in [-0.39, 0.29) is 12.2 Å². The average Bonchev–Trinajstić information content (AvgIpc) is 2.61. The number of hydrogen-bond acceptors (Lipinski definition) is 5. The lowest BCUT2D eigenvalue weighted by atomic mass is 10.1. The Morgan fingerprint density at radius 1 is 1.24 bits per heavy atom. The van der Waals surface area contributed by atoms with Gasteiger partial charge < -0.3 is 24.6 Å². The lowest BCUT2D eigenvalue weighted by Crippen LogP contribution is -2.45. The van der Waals surface area contributed by atoms with Crippen LogP contribution in [-0.4, -0.2) is 62.5 Å². The minimum absolute atomic E-state index is 0.107. The highest BCUT2D eigenvalue weighted by molar-refractivity contribution is 5.68. The van der Waals surface area contributed by atoms with E-state index in [0.29, 0.717) is 19.7 Å². The number of carbonyl (C=O) groups excluding carboxylic acids is 1. The average molecular weight is 347 g/mol. The first kappa shape index (κ1) is 18.0. The first-order valence-corrected chi connectivity index (χ1v) is 9.07. The monoisotopic (exact) mass is 347 g/mol. The predicted molar refractivity (Wildman–Crippen MR) is 98.0 cm³/mol. The van der Waals surface area contributed by atoms with E-state index >= 15 is 0 Å². The molecular weight excluding hydrogens is 318 g/mol. The molecule has 138 valence electrons. The highest BCUT2D eigenvalue weighted by atomic mass is 16.6. The second-order valence-electron chi connectivity index (χ2n) is 7.62. The summed E-state index contributed by atoms with van der Waals surface area (Å²) in [5.74, 6) is 0. The number of amides is 1. The van der Waals surface area contributed by atoms with Crippen molar-refractivity contribution in [1.29, 1.82) is 0 Å². The molecule has 0 aliphatic carbocycles. The molecule has 2 heterocycles. The molecule has 1 aromatic rings. The van der Waals surface area contributed by atoms with Crippen molar-refractivity contribution < 1.29 is 14.3 Å². The van der Waals surface area contributed by atoms with Gasteiger partial charge in [-0.2, -0.15) is 0 Å². The van der Waals surface area contributed by atoms with E-state index in [0.717, 1.165) is 31.7 Å². The fourth-order valence-electron chi connectivity index (χ4n) is 3.19. The highest BCUT2D eigenvalue weighted by Gasteiger charge is 2.29. The third-order valence-corrected chi connectivity index (χ3v) is 4.44. The summed E-state index contributed by atoms with van der Waals surface area (Å²) in [6, 6.07) is 8.48. The number of anilines is 1. The van der Waals surface area contributed by atoms with Gasteiger partial charge in [-0.05, 0) is 38.5 Å². The summed E-state index contributed by atoms with van der Waals surface area (Å²) < 4.78 is 11.4. The minimum Gasteiger partial charge on any atom is -0.444 e. The maximum Gasteiger partial charge on any atom is 0.410 e. The van der Waals surface area contributed by atoms with E-state index in [9.17, 15) is 4.79 Å². The lowest BCUT2D eigenvalue weighted by Gasteiger charge is -2.35. The van der Waals surface area contributed by atoms with E-state index in [1.165, 1.54) is 5.69 Å². The van der Waals surface area contributed by atoms with E-state index in [1.54, 1.807) is 4.90 Å². The van der Waals surface area contributed by atoms with Crippen LogP contribution >= 0.6 is 0 Å². The summed E-state index contributed by atoms with van der Waals surface area (Å²) in [5, 5.41) is 3.37. The maximum atomic E-state index is 12.3. The van der Waals surface area contributed by atoms with Gasteiger partial charge in [0.1, 0.15) is 11.7 Å². The van der Waals surface area contributed by atoms with Gasteiger partial charge in [-0.1, -0.05) is 12.1 Å². The van der Waals surface area contributed by atoms with Crippen LogP contribution in [0.25, 0.3) is 0 Å². The molecule has 1 aromatic carbocycles. The smallest absolute Gasteiger partial charge is 0.410 e. The number of carbonyl (C=O) groups is 1. The van der Waals surface area contributed by atoms with Crippen molar-refractivity contribution in [1.82, 2.24) is 10.2 Å². The Labute approximate surface area is 150 Å². The normalized spacial score (nSPS) is 22.0. The molecule has 1 unspecified atom stereocenters. The van der Waals surface area contributed by atoms with Crippen LogP contribution in [0.5, 0.6) is 0 Å². The Bertz CT molecular complexity index is 594. The summed E-state index contributed by atoms with van der Waals surface area (Å²) >= 11 is 0. The molecule has 0 spiro atoms. The Hall–Kier alpha value is -1.79. The predicted octanol–water partition coefficient (Wildman–Crippen LogP) is 2.40. The molecule has 1 atom stereocenters. The Morgan fingerprint density at radius 3 is 2.72 bits per heavy atom. The molecule has 0 bridgehead atoms. The van der Waals surface area contributed by atoms with Crippen LogP contribution in [-0.2, 0) is 9.47 Å². The van der Waals surface area contributed by atoms with Gasteiger partial charge in [-0.3, -0.25) is 0 Å². The Balaban J connectivity index is 1.68. The van der Waals surface area contributed by atoms with E-state index in [2.05, 4.69) is 34.5 Å². The quantitative estimate of drug-likeness (QED) is 0.890. The van der Waals surface area contributed by atoms with Gasteiger partial charge in [-0.15, -0.1) is 0 Å². The molecule has 25 heavy (non-hydrogen) atoms. The molecule has 6 heteroatoms. The molecule has 0 aromatic heterocycles. The van der Waals surface area contributed by atoms with Crippen molar-refractivity contribution in [2.75, 3.05) is 50.8 Å². The standard InChI is InChI=1S/C19H29N3O3/c1-19(2,3)25-18(23)22-11-12-24-17(14-22)15-5-4-6-16(13-15)21-9-7-20-8-10-21/h4-6,13,17,20H,7-12,14H2,1-3H3. The summed E-state index contributed by atoms with van der Waals surface area (Å²) in [6.45, 7) is 11.3. The first-order valence-electron chi connectivity index (χ1n) is 9.07. The van der Waals surface area contributed by atoms with Crippen molar-refractivity contribution in [3.05, 3.63) is 29.8 Å². The van der Waals surface area contributed by atoms with Crippen molar-refractivity contribution in [3.63, 3.8) is 0 Å². The topological polar surface area (TPSA) is 54.0 Å². The molecule has 3 rings (SSSR count). The Kier molecular flexibility index (Phi) is 5.49. The molecule has 0 radical (unpaired) electrons. The molecule has 2 aliphatic heterocycles. The molecule has 1 amide bonds. The second kappa shape index (κ2) is 7.62. The summed E-state index contributed by atoms with van der Waals surface area (Å²) in [5.41, 5.74) is 1.86. The molecule has 0 saturated carbocycles. The fourth-order valence-corrected chi connectivity index (χ4v) is 3.19.